The van der Waals surface area contributed by atoms with Crippen LogP contribution in [-0.4, -0.2) is 33.9 Å². The Hall–Kier alpha value is -3.50. The van der Waals surface area contributed by atoms with Gasteiger partial charge in [-0.3, -0.25) is 9.10 Å². The van der Waals surface area contributed by atoms with Crippen molar-refractivity contribution in [3.05, 3.63) is 89.0 Å². The summed E-state index contributed by atoms with van der Waals surface area (Å²) in [6.07, 6.45) is 0. The number of sulfonamides is 1. The quantitative estimate of drug-likeness (QED) is 0.496. The summed E-state index contributed by atoms with van der Waals surface area (Å²) in [5.74, 6) is -3.04. The maximum absolute atomic E-state index is 13.6. The minimum Gasteiger partial charge on any atom is -0.452 e. The lowest BCUT2D eigenvalue weighted by Crippen LogP contribution is -2.27. The predicted molar refractivity (Wildman–Crippen MR) is 119 cm³/mol. The van der Waals surface area contributed by atoms with E-state index in [2.05, 4.69) is 5.32 Å². The van der Waals surface area contributed by atoms with Gasteiger partial charge in [-0.05, 0) is 54.6 Å². The largest absolute Gasteiger partial charge is 0.452 e. The van der Waals surface area contributed by atoms with Crippen molar-refractivity contribution < 1.29 is 31.5 Å². The van der Waals surface area contributed by atoms with E-state index in [-0.39, 0.29) is 26.9 Å². The van der Waals surface area contributed by atoms with Crippen LogP contribution in [0.4, 0.5) is 20.2 Å². The molecule has 11 heteroatoms. The molecule has 0 aliphatic carbocycles. The second-order valence-electron chi connectivity index (χ2n) is 6.69. The zero-order chi connectivity index (χ0) is 24.2. The summed E-state index contributed by atoms with van der Waals surface area (Å²) in [4.78, 5) is 24.1. The van der Waals surface area contributed by atoms with Crippen LogP contribution in [0.1, 0.15) is 10.4 Å². The van der Waals surface area contributed by atoms with Gasteiger partial charge in [0.25, 0.3) is 15.9 Å². The lowest BCUT2D eigenvalue weighted by atomic mass is 10.2. The third kappa shape index (κ3) is 5.65. The van der Waals surface area contributed by atoms with Crippen LogP contribution >= 0.6 is 11.6 Å². The summed E-state index contributed by atoms with van der Waals surface area (Å²) < 4.78 is 58.5. The van der Waals surface area contributed by atoms with Gasteiger partial charge in [0.1, 0.15) is 11.6 Å². The van der Waals surface area contributed by atoms with Crippen LogP contribution in [0.2, 0.25) is 5.02 Å². The van der Waals surface area contributed by atoms with Gasteiger partial charge in [0.15, 0.2) is 6.61 Å². The van der Waals surface area contributed by atoms with Crippen LogP contribution in [0.25, 0.3) is 0 Å². The number of esters is 1. The van der Waals surface area contributed by atoms with Gasteiger partial charge < -0.3 is 10.1 Å². The predicted octanol–water partition coefficient (Wildman–Crippen LogP) is 4.24. The molecule has 0 bridgehead atoms. The molecule has 3 aromatic carbocycles. The van der Waals surface area contributed by atoms with Gasteiger partial charge in [-0.15, -0.1) is 0 Å². The molecule has 33 heavy (non-hydrogen) atoms. The van der Waals surface area contributed by atoms with Gasteiger partial charge in [-0.25, -0.2) is 22.0 Å². The standard InChI is InChI=1S/C22H17ClF2N2O5S/c1-27(15-8-6-14(24)7-9-15)33(30,31)16-10-11-18(23)17(12-16)22(29)32-13-21(28)26-20-5-3-2-4-19(20)25/h2-12H,13H2,1H3,(H,26,28). The number of halogens is 3. The number of benzene rings is 3. The Bertz CT molecular complexity index is 1300. The first-order chi connectivity index (χ1) is 15.6. The minimum absolute atomic E-state index is 0.0893. The fourth-order valence-corrected chi connectivity index (χ4v) is 4.14. The Kier molecular flexibility index (Phi) is 7.29. The second-order valence-corrected chi connectivity index (χ2v) is 9.07. The van der Waals surface area contributed by atoms with Gasteiger partial charge in [0.05, 0.1) is 26.9 Å². The Balaban J connectivity index is 1.75. The molecule has 172 valence electrons. The fraction of sp³-hybridized carbons (Fsp3) is 0.0909. The van der Waals surface area contributed by atoms with Crippen molar-refractivity contribution in [1.82, 2.24) is 0 Å². The first kappa shape index (κ1) is 24.1. The molecule has 3 rings (SSSR count). The minimum atomic E-state index is -4.13. The van der Waals surface area contributed by atoms with Gasteiger partial charge in [0, 0.05) is 7.05 Å². The van der Waals surface area contributed by atoms with Crippen molar-refractivity contribution >= 4 is 44.9 Å². The molecule has 0 aromatic heterocycles. The number of rotatable bonds is 7. The number of carbonyl (C=O) groups is 2. The van der Waals surface area contributed by atoms with Gasteiger partial charge in [-0.2, -0.15) is 0 Å². The summed E-state index contributed by atoms with van der Waals surface area (Å²) in [6.45, 7) is -0.754. The van der Waals surface area contributed by atoms with Crippen LogP contribution < -0.4 is 9.62 Å². The lowest BCUT2D eigenvalue weighted by molar-refractivity contribution is -0.119. The first-order valence-electron chi connectivity index (χ1n) is 9.35. The molecule has 0 saturated heterocycles. The SMILES string of the molecule is CN(c1ccc(F)cc1)S(=O)(=O)c1ccc(Cl)c(C(=O)OCC(=O)Nc2ccccc2F)c1. The first-order valence-corrected chi connectivity index (χ1v) is 11.2. The van der Waals surface area contributed by atoms with E-state index in [1.807, 2.05) is 0 Å². The van der Waals surface area contributed by atoms with Crippen LogP contribution in [0, 0.1) is 11.6 Å². The molecule has 7 nitrogen and oxygen atoms in total. The van der Waals surface area contributed by atoms with Crippen molar-refractivity contribution in [2.24, 2.45) is 0 Å². The third-order valence-corrected chi connectivity index (χ3v) is 6.60. The molecule has 1 amide bonds. The van der Waals surface area contributed by atoms with E-state index >= 15 is 0 Å². The zero-order valence-electron chi connectivity index (χ0n) is 17.1. The zero-order valence-corrected chi connectivity index (χ0v) is 18.7. The molecule has 0 unspecified atom stereocenters. The molecule has 3 aromatic rings. The van der Waals surface area contributed by atoms with E-state index in [0.717, 1.165) is 28.6 Å². The average molecular weight is 495 g/mol. The van der Waals surface area contributed by atoms with E-state index in [0.29, 0.717) is 0 Å². The molecule has 0 aliphatic rings. The van der Waals surface area contributed by atoms with Crippen LogP contribution in [-0.2, 0) is 19.6 Å². The molecular weight excluding hydrogens is 478 g/mol. The van der Waals surface area contributed by atoms with E-state index in [4.69, 9.17) is 16.3 Å². The number of nitrogens with zero attached hydrogens (tertiary/aromatic N) is 1. The van der Waals surface area contributed by atoms with Gasteiger partial charge in [0.2, 0.25) is 0 Å². The van der Waals surface area contributed by atoms with Gasteiger partial charge >= 0.3 is 5.97 Å². The Morgan fingerprint density at radius 2 is 1.70 bits per heavy atom. The van der Waals surface area contributed by atoms with Gasteiger partial charge in [-0.1, -0.05) is 23.7 Å². The maximum Gasteiger partial charge on any atom is 0.340 e. The number of nitrogens with one attached hydrogen (secondary N) is 1. The second kappa shape index (κ2) is 9.97. The van der Waals surface area contributed by atoms with E-state index < -0.39 is 40.1 Å². The maximum atomic E-state index is 13.6. The monoisotopic (exact) mass is 494 g/mol. The Morgan fingerprint density at radius 3 is 2.36 bits per heavy atom. The number of hydrogen-bond donors (Lipinski definition) is 1. The number of ether oxygens (including phenoxy) is 1. The highest BCUT2D eigenvalue weighted by Crippen LogP contribution is 2.26. The molecule has 0 heterocycles. The van der Waals surface area contributed by atoms with E-state index in [1.54, 1.807) is 0 Å². The summed E-state index contributed by atoms with van der Waals surface area (Å²) in [5.41, 5.74) is -0.183. The average Bonchev–Trinajstić information content (AvgIpc) is 2.79. The normalized spacial score (nSPS) is 11.0. The van der Waals surface area contributed by atoms with Crippen LogP contribution in [0.5, 0.6) is 0 Å². The summed E-state index contributed by atoms with van der Waals surface area (Å²) in [6, 6.07) is 13.6. The van der Waals surface area contributed by atoms with Crippen LogP contribution in [0.15, 0.2) is 71.6 Å². The third-order valence-electron chi connectivity index (χ3n) is 4.49. The molecular formula is C22H17ClF2N2O5S. The molecule has 1 N–H and O–H groups in total. The molecule has 0 radical (unpaired) electrons. The van der Waals surface area contributed by atoms with Crippen molar-refractivity contribution in [1.29, 1.82) is 0 Å². The summed E-state index contributed by atoms with van der Waals surface area (Å²) in [7, 11) is -2.86. The molecule has 0 aliphatic heterocycles. The topological polar surface area (TPSA) is 92.8 Å². The fourth-order valence-electron chi connectivity index (χ4n) is 2.73. The number of hydrogen-bond acceptors (Lipinski definition) is 5. The lowest BCUT2D eigenvalue weighted by Gasteiger charge is -2.20. The van der Waals surface area contributed by atoms with Crippen molar-refractivity contribution in [3.8, 4) is 0 Å². The highest BCUT2D eigenvalue weighted by molar-refractivity contribution is 7.92. The molecule has 0 saturated carbocycles. The van der Waals surface area contributed by atoms with Crippen LogP contribution in [0.3, 0.4) is 0 Å². The number of para-hydroxylation sites is 1. The molecule has 0 spiro atoms. The van der Waals surface area contributed by atoms with Crippen molar-refractivity contribution in [2.75, 3.05) is 23.3 Å². The van der Waals surface area contributed by atoms with E-state index in [1.165, 1.54) is 49.5 Å². The molecule has 0 fully saturated rings. The number of anilines is 2. The molecule has 0 atom stereocenters. The Morgan fingerprint density at radius 1 is 1.03 bits per heavy atom. The van der Waals surface area contributed by atoms with E-state index in [9.17, 15) is 26.8 Å². The smallest absolute Gasteiger partial charge is 0.340 e. The van der Waals surface area contributed by atoms with Crippen molar-refractivity contribution in [3.63, 3.8) is 0 Å². The van der Waals surface area contributed by atoms with Crippen molar-refractivity contribution in [2.45, 2.75) is 4.90 Å². The highest BCUT2D eigenvalue weighted by atomic mass is 35.5. The summed E-state index contributed by atoms with van der Waals surface area (Å²) in [5, 5.41) is 2.15. The number of carbonyl (C=O) groups excluding carboxylic acids is 2. The highest BCUT2D eigenvalue weighted by Gasteiger charge is 2.24. The summed E-state index contributed by atoms with van der Waals surface area (Å²) >= 11 is 6.02. The number of amides is 1. The Labute approximate surface area is 193 Å².